The van der Waals surface area contributed by atoms with Gasteiger partial charge in [0.15, 0.2) is 30.2 Å². The summed E-state index contributed by atoms with van der Waals surface area (Å²) >= 11 is 0. The molecule has 1 heterocycles. The maximum atomic E-state index is 13.0. The van der Waals surface area contributed by atoms with E-state index in [1.165, 1.54) is 12.5 Å². The molecule has 11 atom stereocenters. The highest BCUT2D eigenvalue weighted by molar-refractivity contribution is 5.91. The lowest BCUT2D eigenvalue weighted by Gasteiger charge is -2.57. The van der Waals surface area contributed by atoms with Gasteiger partial charge in [-0.3, -0.25) is 19.2 Å². The van der Waals surface area contributed by atoms with Crippen molar-refractivity contribution in [1.29, 1.82) is 0 Å². The summed E-state index contributed by atoms with van der Waals surface area (Å²) in [5.74, 6) is 1.61. The molecule has 0 spiro atoms. The number of rotatable bonds is 7. The molecule has 5 aliphatic rings. The van der Waals surface area contributed by atoms with Crippen LogP contribution >= 0.6 is 0 Å². The van der Waals surface area contributed by atoms with Crippen molar-refractivity contribution in [3.63, 3.8) is 0 Å². The summed E-state index contributed by atoms with van der Waals surface area (Å²) in [5, 5.41) is 0. The van der Waals surface area contributed by atoms with Gasteiger partial charge in [0.05, 0.1) is 7.11 Å². The Balaban J connectivity index is 1.51. The van der Waals surface area contributed by atoms with E-state index in [0.29, 0.717) is 30.6 Å². The molecule has 45 heavy (non-hydrogen) atoms. The van der Waals surface area contributed by atoms with Crippen molar-refractivity contribution in [1.82, 2.24) is 0 Å². The van der Waals surface area contributed by atoms with E-state index < -0.39 is 65.6 Å². The summed E-state index contributed by atoms with van der Waals surface area (Å²) in [6, 6.07) is 0. The van der Waals surface area contributed by atoms with Gasteiger partial charge in [-0.25, -0.2) is 4.79 Å². The zero-order chi connectivity index (χ0) is 32.7. The molecule has 246 valence electrons. The second-order valence-corrected chi connectivity index (χ2v) is 13.2. The van der Waals surface area contributed by atoms with Crippen molar-refractivity contribution in [2.45, 2.75) is 122 Å². The van der Waals surface area contributed by atoms with E-state index in [0.717, 1.165) is 65.9 Å². The zero-order valence-electron chi connectivity index (χ0n) is 26.7. The first kappa shape index (κ1) is 33.1. The van der Waals surface area contributed by atoms with Gasteiger partial charge < -0.3 is 28.4 Å². The lowest BCUT2D eigenvalue weighted by molar-refractivity contribution is -0.329. The summed E-state index contributed by atoms with van der Waals surface area (Å²) in [7, 11) is 1.15. The van der Waals surface area contributed by atoms with Crippen molar-refractivity contribution in [2.24, 2.45) is 29.1 Å². The van der Waals surface area contributed by atoms with Gasteiger partial charge in [-0.2, -0.15) is 0 Å². The lowest BCUT2D eigenvalue weighted by Crippen LogP contribution is -2.66. The summed E-state index contributed by atoms with van der Waals surface area (Å²) in [4.78, 5) is 61.9. The number of esters is 4. The first-order valence-electron chi connectivity index (χ1n) is 16.0. The number of ether oxygens (including phenoxy) is 6. The van der Waals surface area contributed by atoms with Crippen LogP contribution in [0.15, 0.2) is 11.6 Å². The van der Waals surface area contributed by atoms with Gasteiger partial charge >= 0.3 is 23.9 Å². The number of ketones is 1. The average Bonchev–Trinajstić information content (AvgIpc) is 3.33. The predicted octanol–water partition coefficient (Wildman–Crippen LogP) is 3.60. The molecular formula is C34H44O11. The van der Waals surface area contributed by atoms with Crippen LogP contribution in [0.5, 0.6) is 0 Å². The highest BCUT2D eigenvalue weighted by atomic mass is 16.7. The molecule has 0 aromatic heterocycles. The van der Waals surface area contributed by atoms with Crippen LogP contribution in [0.4, 0.5) is 0 Å². The Morgan fingerprint density at radius 3 is 2.20 bits per heavy atom. The van der Waals surface area contributed by atoms with Gasteiger partial charge in [0.2, 0.25) is 6.29 Å². The molecule has 0 amide bonds. The van der Waals surface area contributed by atoms with Gasteiger partial charge in [0, 0.05) is 32.6 Å². The van der Waals surface area contributed by atoms with E-state index in [9.17, 15) is 24.0 Å². The van der Waals surface area contributed by atoms with Gasteiger partial charge in [-0.15, -0.1) is 6.42 Å². The molecule has 0 aromatic rings. The van der Waals surface area contributed by atoms with E-state index in [-0.39, 0.29) is 11.7 Å². The van der Waals surface area contributed by atoms with Crippen molar-refractivity contribution >= 4 is 29.7 Å². The number of terminal acetylenes is 1. The van der Waals surface area contributed by atoms with Crippen molar-refractivity contribution in [3.8, 4) is 12.3 Å². The number of methoxy groups -OCH3 is 1. The molecule has 4 fully saturated rings. The molecule has 0 bridgehead atoms. The van der Waals surface area contributed by atoms with E-state index >= 15 is 0 Å². The number of hydrogen-bond donors (Lipinski definition) is 0. The highest BCUT2D eigenvalue weighted by Crippen LogP contribution is 2.67. The topological polar surface area (TPSA) is 141 Å². The Hall–Kier alpha value is -3.23. The summed E-state index contributed by atoms with van der Waals surface area (Å²) in [6.07, 6.45) is 8.08. The normalized spacial score (nSPS) is 40.4. The van der Waals surface area contributed by atoms with E-state index in [1.54, 1.807) is 0 Å². The highest BCUT2D eigenvalue weighted by Gasteiger charge is 2.67. The third-order valence-electron chi connectivity index (χ3n) is 11.1. The molecule has 0 N–H and O–H groups in total. The Bertz CT molecular complexity index is 1300. The third-order valence-corrected chi connectivity index (χ3v) is 11.1. The minimum absolute atomic E-state index is 0.224. The Kier molecular flexibility index (Phi) is 9.48. The smallest absolute Gasteiger partial charge is 0.339 e. The van der Waals surface area contributed by atoms with Gasteiger partial charge in [-0.05, 0) is 81.1 Å². The van der Waals surface area contributed by atoms with Crippen LogP contribution in [0, 0.1) is 41.4 Å². The summed E-state index contributed by atoms with van der Waals surface area (Å²) in [5.41, 5.74) is -0.306. The molecule has 1 aliphatic heterocycles. The Labute approximate surface area is 264 Å². The van der Waals surface area contributed by atoms with Crippen molar-refractivity contribution in [3.05, 3.63) is 11.6 Å². The van der Waals surface area contributed by atoms with Crippen LogP contribution in [0.3, 0.4) is 0 Å². The lowest BCUT2D eigenvalue weighted by atomic mass is 9.49. The quantitative estimate of drug-likeness (QED) is 0.232. The van der Waals surface area contributed by atoms with Crippen LogP contribution in [-0.4, -0.2) is 73.1 Å². The number of carbonyl (C=O) groups is 5. The van der Waals surface area contributed by atoms with Crippen LogP contribution in [-0.2, 0) is 52.4 Å². The minimum Gasteiger partial charge on any atom is -0.467 e. The zero-order valence-corrected chi connectivity index (χ0v) is 26.7. The largest absolute Gasteiger partial charge is 0.467 e. The molecular weight excluding hydrogens is 584 g/mol. The van der Waals surface area contributed by atoms with Gasteiger partial charge in [0.25, 0.3) is 0 Å². The molecule has 4 aliphatic carbocycles. The van der Waals surface area contributed by atoms with E-state index in [1.807, 2.05) is 6.08 Å². The van der Waals surface area contributed by atoms with Crippen LogP contribution in [0.25, 0.3) is 0 Å². The number of fused-ring (bicyclic) bond motifs is 5. The van der Waals surface area contributed by atoms with Crippen molar-refractivity contribution < 1.29 is 52.4 Å². The van der Waals surface area contributed by atoms with Gasteiger partial charge in [-0.1, -0.05) is 18.4 Å². The fraction of sp³-hybridized carbons (Fsp3) is 0.735. The minimum atomic E-state index is -1.56. The first-order chi connectivity index (χ1) is 21.4. The van der Waals surface area contributed by atoms with Crippen LogP contribution < -0.4 is 0 Å². The summed E-state index contributed by atoms with van der Waals surface area (Å²) < 4.78 is 34.5. The fourth-order valence-electron chi connectivity index (χ4n) is 9.52. The SMILES string of the molecule is C#C[C@]1(O[C@@H]2O[C@H](C(=O)OC)[C@@H](OC(C)=O)[C@H](OC(C)=O)[C@H]2OC(C)=O)CC[C@H]2[C@@H]3CCC4=CC(=O)CC[C@@H]4[C@H]3CC[C@@]21CC. The monoisotopic (exact) mass is 628 g/mol. The van der Waals surface area contributed by atoms with Crippen LogP contribution in [0.1, 0.15) is 85.5 Å². The maximum Gasteiger partial charge on any atom is 0.339 e. The molecule has 5 rings (SSSR count). The van der Waals surface area contributed by atoms with Gasteiger partial charge in [0.1, 0.15) is 5.60 Å². The number of hydrogen-bond acceptors (Lipinski definition) is 11. The van der Waals surface area contributed by atoms with Crippen LogP contribution in [0.2, 0.25) is 0 Å². The molecule has 11 nitrogen and oxygen atoms in total. The standard InChI is InChI=1S/C34H44O11/c1-7-33-15-13-24-23-12-10-22(38)17-21(23)9-11-25(24)26(33)14-16-34(33,8-2)45-32-30(43-20(5)37)28(42-19(4)36)27(41-18(3)35)29(44-32)31(39)40-6/h2,17,23-30,32H,7,9-16H2,1,3-6H3/t23-,24+,25+,26-,27-,28-,29-,30+,32-,33-,34-/m0/s1. The molecule has 0 aromatic carbocycles. The number of allylic oxidation sites excluding steroid dienone is 1. The molecule has 3 saturated carbocycles. The van der Waals surface area contributed by atoms with E-state index in [2.05, 4.69) is 12.8 Å². The third kappa shape index (κ3) is 5.80. The van der Waals surface area contributed by atoms with Crippen molar-refractivity contribution in [2.75, 3.05) is 7.11 Å². The predicted molar refractivity (Wildman–Crippen MR) is 157 cm³/mol. The average molecular weight is 629 g/mol. The molecule has 0 unspecified atom stereocenters. The molecule has 0 radical (unpaired) electrons. The first-order valence-corrected chi connectivity index (χ1v) is 16.0. The second-order valence-electron chi connectivity index (χ2n) is 13.2. The Morgan fingerprint density at radius 2 is 1.58 bits per heavy atom. The Morgan fingerprint density at radius 1 is 0.911 bits per heavy atom. The fourth-order valence-corrected chi connectivity index (χ4v) is 9.52. The second kappa shape index (κ2) is 12.9. The molecule has 11 heteroatoms. The summed E-state index contributed by atoms with van der Waals surface area (Å²) in [6.45, 7) is 5.57. The van der Waals surface area contributed by atoms with E-state index in [4.69, 9.17) is 34.8 Å². The number of carbonyl (C=O) groups excluding carboxylic acids is 5. The molecule has 1 saturated heterocycles. The maximum absolute atomic E-state index is 13.0.